The van der Waals surface area contributed by atoms with E-state index < -0.39 is 17.3 Å². The fourth-order valence-corrected chi connectivity index (χ4v) is 3.09. The van der Waals surface area contributed by atoms with Crippen LogP contribution < -0.4 is 10.9 Å². The van der Waals surface area contributed by atoms with Crippen molar-refractivity contribution < 1.29 is 18.7 Å². The first-order valence-electron chi connectivity index (χ1n) is 8.99. The van der Waals surface area contributed by atoms with E-state index in [-0.39, 0.29) is 22.8 Å². The van der Waals surface area contributed by atoms with Crippen LogP contribution in [-0.4, -0.2) is 52.4 Å². The van der Waals surface area contributed by atoms with Crippen molar-refractivity contribution in [3.05, 3.63) is 76.1 Å². The van der Waals surface area contributed by atoms with Gasteiger partial charge in [0, 0.05) is 24.8 Å². The number of rotatable bonds is 3. The molecule has 3 heterocycles. The third kappa shape index (κ3) is 3.72. The number of pyridine rings is 1. The van der Waals surface area contributed by atoms with Gasteiger partial charge in [-0.15, -0.1) is 0 Å². The topological polar surface area (TPSA) is 93.0 Å². The van der Waals surface area contributed by atoms with E-state index in [0.29, 0.717) is 31.9 Å². The van der Waals surface area contributed by atoms with Crippen LogP contribution in [0.4, 0.5) is 10.1 Å². The minimum atomic E-state index is -0.565. The molecule has 1 N–H and O–H groups in total. The number of hydrogen-bond acceptors (Lipinski definition) is 5. The van der Waals surface area contributed by atoms with Crippen molar-refractivity contribution in [2.24, 2.45) is 0 Å². The van der Waals surface area contributed by atoms with Crippen LogP contribution in [0.1, 0.15) is 20.7 Å². The third-order valence-electron chi connectivity index (χ3n) is 4.62. The molecule has 0 atom stereocenters. The van der Waals surface area contributed by atoms with Crippen molar-refractivity contribution in [2.45, 2.75) is 0 Å². The zero-order valence-corrected chi connectivity index (χ0v) is 15.3. The van der Waals surface area contributed by atoms with Gasteiger partial charge in [-0.25, -0.2) is 9.37 Å². The van der Waals surface area contributed by atoms with Crippen molar-refractivity contribution in [1.29, 1.82) is 0 Å². The summed E-state index contributed by atoms with van der Waals surface area (Å²) in [6.45, 7) is 1.86. The van der Waals surface area contributed by atoms with Crippen LogP contribution in [0.15, 0.2) is 53.6 Å². The molecule has 3 aromatic rings. The number of amides is 2. The maximum atomic E-state index is 13.0. The predicted octanol–water partition coefficient (Wildman–Crippen LogP) is 1.56. The Hall–Kier alpha value is -3.59. The monoisotopic (exact) mass is 396 g/mol. The Kier molecular flexibility index (Phi) is 5.05. The zero-order valence-electron chi connectivity index (χ0n) is 15.3. The molecule has 0 bridgehead atoms. The van der Waals surface area contributed by atoms with E-state index in [0.717, 1.165) is 12.1 Å². The van der Waals surface area contributed by atoms with Crippen LogP contribution >= 0.6 is 0 Å². The van der Waals surface area contributed by atoms with Gasteiger partial charge in [-0.1, -0.05) is 0 Å². The van der Waals surface area contributed by atoms with Gasteiger partial charge < -0.3 is 15.0 Å². The first-order valence-corrected chi connectivity index (χ1v) is 8.99. The van der Waals surface area contributed by atoms with Crippen molar-refractivity contribution in [1.82, 2.24) is 14.3 Å². The van der Waals surface area contributed by atoms with Gasteiger partial charge in [-0.3, -0.25) is 18.8 Å². The molecule has 1 fully saturated rings. The van der Waals surface area contributed by atoms with Gasteiger partial charge >= 0.3 is 0 Å². The van der Waals surface area contributed by atoms with Gasteiger partial charge in [0.05, 0.1) is 25.0 Å². The minimum Gasteiger partial charge on any atom is -0.378 e. The molecule has 9 heteroatoms. The maximum Gasteiger partial charge on any atom is 0.281 e. The number of hydrogen-bond donors (Lipinski definition) is 1. The predicted molar refractivity (Wildman–Crippen MR) is 103 cm³/mol. The smallest absolute Gasteiger partial charge is 0.281 e. The van der Waals surface area contributed by atoms with Crippen molar-refractivity contribution in [3.63, 3.8) is 0 Å². The van der Waals surface area contributed by atoms with Crippen LogP contribution in [0.5, 0.6) is 0 Å². The number of benzene rings is 1. The molecule has 0 saturated carbocycles. The summed E-state index contributed by atoms with van der Waals surface area (Å²) in [7, 11) is 0. The number of carbonyl (C=O) groups excluding carboxylic acids is 2. The molecule has 8 nitrogen and oxygen atoms in total. The highest BCUT2D eigenvalue weighted by Crippen LogP contribution is 2.13. The lowest BCUT2D eigenvalue weighted by Gasteiger charge is -2.27. The van der Waals surface area contributed by atoms with E-state index in [1.807, 2.05) is 0 Å². The summed E-state index contributed by atoms with van der Waals surface area (Å²) in [4.78, 5) is 43.8. The van der Waals surface area contributed by atoms with Gasteiger partial charge in [0.2, 0.25) is 0 Å². The fourth-order valence-electron chi connectivity index (χ4n) is 3.09. The highest BCUT2D eigenvalue weighted by molar-refractivity contribution is 6.04. The fraction of sp³-hybridized carbons (Fsp3) is 0.200. The van der Waals surface area contributed by atoms with Gasteiger partial charge in [0.15, 0.2) is 5.65 Å². The number of aromatic nitrogens is 2. The minimum absolute atomic E-state index is 0.0483. The van der Waals surface area contributed by atoms with Crippen LogP contribution in [0.3, 0.4) is 0 Å². The highest BCUT2D eigenvalue weighted by Gasteiger charge is 2.22. The van der Waals surface area contributed by atoms with E-state index in [1.165, 1.54) is 28.9 Å². The maximum absolute atomic E-state index is 13.0. The summed E-state index contributed by atoms with van der Waals surface area (Å²) in [5.41, 5.74) is 0.124. The first-order chi connectivity index (χ1) is 14.0. The number of morpholine rings is 1. The lowest BCUT2D eigenvalue weighted by Crippen LogP contribution is -2.41. The Bertz CT molecular complexity index is 1140. The molecule has 4 rings (SSSR count). The number of halogens is 1. The summed E-state index contributed by atoms with van der Waals surface area (Å²) in [6.07, 6.45) is 2.70. The molecule has 0 spiro atoms. The van der Waals surface area contributed by atoms with E-state index in [2.05, 4.69) is 10.3 Å². The van der Waals surface area contributed by atoms with Gasteiger partial charge in [-0.05, 0) is 36.4 Å². The molecular weight excluding hydrogens is 379 g/mol. The Morgan fingerprint density at radius 2 is 1.83 bits per heavy atom. The van der Waals surface area contributed by atoms with E-state index in [9.17, 15) is 18.8 Å². The number of ether oxygens (including phenoxy) is 1. The quantitative estimate of drug-likeness (QED) is 0.725. The van der Waals surface area contributed by atoms with Crippen molar-refractivity contribution in [2.75, 3.05) is 31.6 Å². The van der Waals surface area contributed by atoms with E-state index in [1.54, 1.807) is 17.0 Å². The van der Waals surface area contributed by atoms with Crippen LogP contribution in [0.2, 0.25) is 0 Å². The third-order valence-corrected chi connectivity index (χ3v) is 4.62. The molecular formula is C20H17FN4O4. The number of carbonyl (C=O) groups is 2. The molecule has 2 amide bonds. The summed E-state index contributed by atoms with van der Waals surface area (Å²) in [5, 5.41) is 2.48. The SMILES string of the molecule is O=C(Nc1cnc2c(C(=O)N3CCOCC3)cccn2c1=O)c1ccc(F)cc1. The molecule has 1 aliphatic heterocycles. The summed E-state index contributed by atoms with van der Waals surface area (Å²) in [6, 6.07) is 8.13. The Balaban J connectivity index is 1.65. The lowest BCUT2D eigenvalue weighted by molar-refractivity contribution is 0.0303. The molecule has 2 aromatic heterocycles. The summed E-state index contributed by atoms with van der Waals surface area (Å²) in [5.74, 6) is -1.27. The lowest BCUT2D eigenvalue weighted by atomic mass is 10.2. The highest BCUT2D eigenvalue weighted by atomic mass is 19.1. The molecule has 0 radical (unpaired) electrons. The number of fused-ring (bicyclic) bond motifs is 1. The van der Waals surface area contributed by atoms with E-state index >= 15 is 0 Å². The Labute approximate surface area is 164 Å². The number of nitrogens with one attached hydrogen (secondary N) is 1. The second kappa shape index (κ2) is 7.80. The molecule has 1 aromatic carbocycles. The summed E-state index contributed by atoms with van der Waals surface area (Å²) >= 11 is 0. The Morgan fingerprint density at radius 3 is 2.55 bits per heavy atom. The van der Waals surface area contributed by atoms with Crippen LogP contribution in [-0.2, 0) is 4.74 Å². The van der Waals surface area contributed by atoms with Gasteiger partial charge in [0.1, 0.15) is 11.5 Å². The van der Waals surface area contributed by atoms with Crippen LogP contribution in [0, 0.1) is 5.82 Å². The average Bonchev–Trinajstić information content (AvgIpc) is 2.76. The molecule has 0 aliphatic carbocycles. The van der Waals surface area contributed by atoms with Gasteiger partial charge in [0.25, 0.3) is 17.4 Å². The molecule has 148 valence electrons. The standard InChI is InChI=1S/C20H17FN4O4/c21-14-5-3-13(4-6-14)18(26)23-16-12-22-17-15(2-1-7-25(17)20(16)28)19(27)24-8-10-29-11-9-24/h1-7,12H,8-11H2,(H,23,26). The van der Waals surface area contributed by atoms with Crippen molar-refractivity contribution >= 4 is 23.1 Å². The zero-order chi connectivity index (χ0) is 20.4. The molecule has 0 unspecified atom stereocenters. The average molecular weight is 396 g/mol. The van der Waals surface area contributed by atoms with E-state index in [4.69, 9.17) is 4.74 Å². The normalized spacial score (nSPS) is 14.0. The number of anilines is 1. The van der Waals surface area contributed by atoms with Gasteiger partial charge in [-0.2, -0.15) is 0 Å². The molecule has 29 heavy (non-hydrogen) atoms. The summed E-state index contributed by atoms with van der Waals surface area (Å²) < 4.78 is 19.5. The second-order valence-corrected chi connectivity index (χ2v) is 6.46. The largest absolute Gasteiger partial charge is 0.378 e. The van der Waals surface area contributed by atoms with Crippen molar-refractivity contribution in [3.8, 4) is 0 Å². The number of nitrogens with zero attached hydrogens (tertiary/aromatic N) is 3. The van der Waals surface area contributed by atoms with Crippen LogP contribution in [0.25, 0.3) is 5.65 Å². The Morgan fingerprint density at radius 1 is 1.10 bits per heavy atom. The second-order valence-electron chi connectivity index (χ2n) is 6.46. The first kappa shape index (κ1) is 18.8. The molecule has 1 aliphatic rings. The molecule has 1 saturated heterocycles.